The fraction of sp³-hybridized carbons (Fsp3) is 0.513. The maximum atomic E-state index is 13.8. The third kappa shape index (κ3) is 8.72. The Hall–Kier alpha value is -3.25. The summed E-state index contributed by atoms with van der Waals surface area (Å²) in [4.78, 5) is 18.2. The van der Waals surface area contributed by atoms with Crippen molar-refractivity contribution in [3.05, 3.63) is 100 Å². The maximum absolute atomic E-state index is 13.8. The van der Waals surface area contributed by atoms with Crippen LogP contribution in [0.4, 0.5) is 8.78 Å². The maximum Gasteiger partial charge on any atom is 0.253 e. The summed E-state index contributed by atoms with van der Waals surface area (Å²) >= 11 is 0. The van der Waals surface area contributed by atoms with E-state index in [1.807, 2.05) is 41.3 Å². The zero-order valence-electron chi connectivity index (χ0n) is 28.6. The third-order valence-electron chi connectivity index (χ3n) is 9.28. The van der Waals surface area contributed by atoms with Gasteiger partial charge in [-0.1, -0.05) is 78.6 Å². The molecule has 0 spiro atoms. The lowest BCUT2D eigenvalue weighted by atomic mass is 9.78. The first-order valence-corrected chi connectivity index (χ1v) is 16.4. The molecule has 0 bridgehead atoms. The van der Waals surface area contributed by atoms with Crippen LogP contribution in [0, 0.1) is 11.6 Å². The minimum Gasteiger partial charge on any atom is -0.496 e. The molecule has 1 aliphatic rings. The summed E-state index contributed by atoms with van der Waals surface area (Å²) in [6.45, 7) is 15.4. The fourth-order valence-electron chi connectivity index (χ4n) is 6.54. The molecule has 45 heavy (non-hydrogen) atoms. The normalized spacial score (nSPS) is 15.7. The summed E-state index contributed by atoms with van der Waals surface area (Å²) in [5.41, 5.74) is 4.66. The van der Waals surface area contributed by atoms with Gasteiger partial charge in [-0.25, -0.2) is 8.78 Å². The third-order valence-corrected chi connectivity index (χ3v) is 9.28. The lowest BCUT2D eigenvalue weighted by Crippen LogP contribution is -2.37. The largest absolute Gasteiger partial charge is 0.496 e. The second-order valence-corrected chi connectivity index (χ2v) is 14.8. The molecule has 244 valence electrons. The van der Waals surface area contributed by atoms with Crippen molar-refractivity contribution in [1.82, 2.24) is 9.80 Å². The average Bonchev–Trinajstić information content (AvgIpc) is 3.49. The minimum absolute atomic E-state index is 0.0946. The van der Waals surface area contributed by atoms with Crippen LogP contribution in [-0.2, 0) is 10.8 Å². The lowest BCUT2D eigenvalue weighted by Gasteiger charge is -2.30. The summed E-state index contributed by atoms with van der Waals surface area (Å²) < 4.78 is 33.1. The fourth-order valence-corrected chi connectivity index (χ4v) is 6.54. The predicted octanol–water partition coefficient (Wildman–Crippen LogP) is 9.11. The number of benzene rings is 3. The molecule has 0 aliphatic carbocycles. The second-order valence-electron chi connectivity index (χ2n) is 14.8. The van der Waals surface area contributed by atoms with Crippen molar-refractivity contribution >= 4 is 5.91 Å². The van der Waals surface area contributed by atoms with E-state index in [1.165, 1.54) is 24.3 Å². The Kier molecular flexibility index (Phi) is 11.1. The molecule has 4 nitrogen and oxygen atoms in total. The lowest BCUT2D eigenvalue weighted by molar-refractivity contribution is 0.0779. The van der Waals surface area contributed by atoms with E-state index in [0.717, 1.165) is 85.3 Å². The number of carbonyl (C=O) groups is 1. The highest BCUT2D eigenvalue weighted by molar-refractivity contribution is 5.95. The van der Waals surface area contributed by atoms with Crippen LogP contribution in [0.2, 0.25) is 0 Å². The Morgan fingerprint density at radius 1 is 0.867 bits per heavy atom. The van der Waals surface area contributed by atoms with Crippen LogP contribution in [0.1, 0.15) is 112 Å². The van der Waals surface area contributed by atoms with E-state index in [2.05, 4.69) is 53.5 Å². The van der Waals surface area contributed by atoms with Crippen molar-refractivity contribution < 1.29 is 18.3 Å². The minimum atomic E-state index is -0.250. The van der Waals surface area contributed by atoms with Crippen LogP contribution in [-0.4, -0.2) is 55.5 Å². The van der Waals surface area contributed by atoms with Crippen LogP contribution in [0.5, 0.6) is 5.75 Å². The van der Waals surface area contributed by atoms with Gasteiger partial charge >= 0.3 is 0 Å². The van der Waals surface area contributed by atoms with Crippen LogP contribution in [0.15, 0.2) is 60.7 Å². The molecular formula is C39H52F2N2O2. The topological polar surface area (TPSA) is 32.8 Å². The molecule has 0 radical (unpaired) electrons. The number of methoxy groups -OCH3 is 1. The van der Waals surface area contributed by atoms with Crippen molar-refractivity contribution in [3.63, 3.8) is 0 Å². The van der Waals surface area contributed by atoms with Gasteiger partial charge in [-0.15, -0.1) is 0 Å². The Bertz CT molecular complexity index is 1340. The molecule has 1 fully saturated rings. The van der Waals surface area contributed by atoms with Gasteiger partial charge in [-0.2, -0.15) is 0 Å². The number of carbonyl (C=O) groups excluding carboxylic acids is 1. The summed E-state index contributed by atoms with van der Waals surface area (Å²) in [5.74, 6) is 0.582. The van der Waals surface area contributed by atoms with Crippen molar-refractivity contribution in [2.75, 3.05) is 33.8 Å². The van der Waals surface area contributed by atoms with E-state index >= 15 is 0 Å². The zero-order chi connectivity index (χ0) is 32.9. The number of hydrogen-bond donors (Lipinski definition) is 0. The molecule has 3 aromatic carbocycles. The summed E-state index contributed by atoms with van der Waals surface area (Å²) in [7, 11) is 3.89. The number of likely N-dealkylation sites (N-methyl/N-ethyl adjacent to an activating group) is 1. The number of likely N-dealkylation sites (tertiary alicyclic amines) is 1. The van der Waals surface area contributed by atoms with Gasteiger partial charge in [-0.05, 0) is 91.2 Å². The Morgan fingerprint density at radius 2 is 1.38 bits per heavy atom. The highest BCUT2D eigenvalue weighted by atomic mass is 19.1. The van der Waals surface area contributed by atoms with E-state index in [9.17, 15) is 13.6 Å². The number of amides is 1. The van der Waals surface area contributed by atoms with Gasteiger partial charge in [0, 0.05) is 41.7 Å². The van der Waals surface area contributed by atoms with Gasteiger partial charge < -0.3 is 14.5 Å². The number of halogens is 2. The molecule has 1 saturated heterocycles. The van der Waals surface area contributed by atoms with Gasteiger partial charge in [0.15, 0.2) is 0 Å². The summed E-state index contributed by atoms with van der Waals surface area (Å²) in [6, 6.07) is 17.8. The standard InChI is InChI=1S/C39H52F2N2O2/c1-38(2,3)34-24-29(25-35(36(34)45-8)39(4,5)6)37(44)43-23-21-32(26-43)42(7)22-11-9-10-12-33(27-13-17-30(40)18-14-27)28-15-19-31(41)20-16-28/h13-20,24-25,32-33H,9-12,21-23,26H2,1-8H3. The predicted molar refractivity (Wildman–Crippen MR) is 180 cm³/mol. The van der Waals surface area contributed by atoms with Gasteiger partial charge in [0.05, 0.1) is 7.11 Å². The molecular weight excluding hydrogens is 566 g/mol. The van der Waals surface area contributed by atoms with E-state index < -0.39 is 0 Å². The smallest absolute Gasteiger partial charge is 0.253 e. The molecule has 1 aliphatic heterocycles. The second kappa shape index (κ2) is 14.5. The van der Waals surface area contributed by atoms with Crippen molar-refractivity contribution in [1.29, 1.82) is 0 Å². The number of unbranched alkanes of at least 4 members (excludes halogenated alkanes) is 2. The molecule has 6 heteroatoms. The zero-order valence-corrected chi connectivity index (χ0v) is 28.6. The van der Waals surface area contributed by atoms with E-state index in [0.29, 0.717) is 6.04 Å². The Morgan fingerprint density at radius 3 is 1.84 bits per heavy atom. The number of ether oxygens (including phenoxy) is 1. The van der Waals surface area contributed by atoms with Gasteiger partial charge in [0.1, 0.15) is 17.4 Å². The van der Waals surface area contributed by atoms with Crippen LogP contribution < -0.4 is 4.74 Å². The molecule has 0 aromatic heterocycles. The van der Waals surface area contributed by atoms with Gasteiger partial charge in [0.25, 0.3) is 5.91 Å². The average molecular weight is 619 g/mol. The van der Waals surface area contributed by atoms with Crippen LogP contribution in [0.25, 0.3) is 0 Å². The first-order chi connectivity index (χ1) is 21.2. The van der Waals surface area contributed by atoms with E-state index in [4.69, 9.17) is 4.74 Å². The highest BCUT2D eigenvalue weighted by Crippen LogP contribution is 2.41. The molecule has 1 atom stereocenters. The monoisotopic (exact) mass is 618 g/mol. The molecule has 0 saturated carbocycles. The Balaban J connectivity index is 1.33. The number of rotatable bonds is 11. The number of hydrogen-bond acceptors (Lipinski definition) is 3. The molecule has 3 aromatic rings. The first-order valence-electron chi connectivity index (χ1n) is 16.4. The molecule has 1 unspecified atom stereocenters. The highest BCUT2D eigenvalue weighted by Gasteiger charge is 2.33. The van der Waals surface area contributed by atoms with E-state index in [1.54, 1.807) is 7.11 Å². The van der Waals surface area contributed by atoms with Gasteiger partial charge in [0.2, 0.25) is 0 Å². The summed E-state index contributed by atoms with van der Waals surface area (Å²) in [6.07, 6.45) is 5.03. The quantitative estimate of drug-likeness (QED) is 0.201. The Labute approximate surface area is 269 Å². The molecule has 0 N–H and O–H groups in total. The first kappa shape index (κ1) is 34.6. The van der Waals surface area contributed by atoms with Crippen LogP contribution in [0.3, 0.4) is 0 Å². The SMILES string of the molecule is COc1c(C(C)(C)C)cc(C(=O)N2CCC(N(C)CCCCCC(c3ccc(F)cc3)c3ccc(F)cc3)C2)cc1C(C)(C)C. The van der Waals surface area contributed by atoms with Crippen LogP contribution >= 0.6 is 0 Å². The van der Waals surface area contributed by atoms with Crippen molar-refractivity contribution in [2.24, 2.45) is 0 Å². The molecule has 1 amide bonds. The van der Waals surface area contributed by atoms with E-state index in [-0.39, 0.29) is 34.3 Å². The van der Waals surface area contributed by atoms with Gasteiger partial charge in [-0.3, -0.25) is 4.79 Å². The van der Waals surface area contributed by atoms with Crippen molar-refractivity contribution in [3.8, 4) is 5.75 Å². The molecule has 1 heterocycles. The van der Waals surface area contributed by atoms with Crippen molar-refractivity contribution in [2.45, 2.75) is 96.4 Å². The summed E-state index contributed by atoms with van der Waals surface area (Å²) in [5, 5.41) is 0. The number of nitrogens with zero attached hydrogens (tertiary/aromatic N) is 2. The molecule has 4 rings (SSSR count).